The summed E-state index contributed by atoms with van der Waals surface area (Å²) < 4.78 is 5.41. The number of carbonyl (C=O) groups excluding carboxylic acids is 2. The highest BCUT2D eigenvalue weighted by Crippen LogP contribution is 2.33. The second-order valence-corrected chi connectivity index (χ2v) is 7.43. The van der Waals surface area contributed by atoms with Crippen LogP contribution in [-0.4, -0.2) is 34.8 Å². The summed E-state index contributed by atoms with van der Waals surface area (Å²) in [7, 11) is 1.57. The number of hydrogen-bond donors (Lipinski definition) is 1. The number of amides is 2. The average molecular weight is 359 g/mol. The van der Waals surface area contributed by atoms with Crippen LogP contribution in [0.3, 0.4) is 0 Å². The van der Waals surface area contributed by atoms with E-state index in [0.29, 0.717) is 30.6 Å². The molecule has 142 valence electrons. The molecule has 0 saturated heterocycles. The highest BCUT2D eigenvalue weighted by molar-refractivity contribution is 5.98. The third kappa shape index (κ3) is 3.69. The van der Waals surface area contributed by atoms with E-state index in [-0.39, 0.29) is 17.7 Å². The minimum absolute atomic E-state index is 0.0205. The molecular formula is C20H29N3O3. The standard InChI is InChI=1S/C20H29N3O3/c1-4-7-13(2)18(24)21-11-14-10-16-17(22-19(14)26-3)12-23(20(16)25)15-8-5-6-9-15/h10,13,15H,4-9,11-12H2,1-3H3,(H,21,24)/t13-/m0/s1. The molecule has 1 fully saturated rings. The van der Waals surface area contributed by atoms with Crippen molar-refractivity contribution in [1.82, 2.24) is 15.2 Å². The first kappa shape index (κ1) is 18.7. The third-order valence-corrected chi connectivity index (χ3v) is 5.53. The van der Waals surface area contributed by atoms with Crippen molar-refractivity contribution in [2.75, 3.05) is 7.11 Å². The number of nitrogens with zero attached hydrogens (tertiary/aromatic N) is 2. The lowest BCUT2D eigenvalue weighted by Crippen LogP contribution is -2.33. The maximum absolute atomic E-state index is 12.8. The zero-order valence-corrected chi connectivity index (χ0v) is 16.0. The molecule has 0 radical (unpaired) electrons. The van der Waals surface area contributed by atoms with Crippen molar-refractivity contribution in [2.45, 2.75) is 71.5 Å². The third-order valence-electron chi connectivity index (χ3n) is 5.53. The van der Waals surface area contributed by atoms with E-state index in [1.807, 2.05) is 17.9 Å². The Kier molecular flexibility index (Phi) is 5.79. The van der Waals surface area contributed by atoms with Crippen LogP contribution < -0.4 is 10.1 Å². The highest BCUT2D eigenvalue weighted by atomic mass is 16.5. The minimum atomic E-state index is -0.0205. The SMILES string of the molecule is CCC[C@H](C)C(=O)NCc1cc2c(nc1OC)CN(C1CCCC1)C2=O. The first-order chi connectivity index (χ1) is 12.5. The fourth-order valence-corrected chi connectivity index (χ4v) is 4.00. The largest absolute Gasteiger partial charge is 0.481 e. The maximum Gasteiger partial charge on any atom is 0.256 e. The molecule has 6 nitrogen and oxygen atoms in total. The van der Waals surface area contributed by atoms with Gasteiger partial charge in [-0.1, -0.05) is 33.1 Å². The normalized spacial score (nSPS) is 18.1. The second-order valence-electron chi connectivity index (χ2n) is 7.43. The number of carbonyl (C=O) groups is 2. The van der Waals surface area contributed by atoms with Crippen molar-refractivity contribution in [2.24, 2.45) is 5.92 Å². The van der Waals surface area contributed by atoms with Crippen molar-refractivity contribution in [3.05, 3.63) is 22.9 Å². The first-order valence-electron chi connectivity index (χ1n) is 9.70. The van der Waals surface area contributed by atoms with Gasteiger partial charge in [0.1, 0.15) is 0 Å². The van der Waals surface area contributed by atoms with Crippen molar-refractivity contribution in [3.63, 3.8) is 0 Å². The van der Waals surface area contributed by atoms with Crippen LogP contribution in [0.25, 0.3) is 0 Å². The first-order valence-corrected chi connectivity index (χ1v) is 9.70. The van der Waals surface area contributed by atoms with E-state index < -0.39 is 0 Å². The Labute approximate surface area is 155 Å². The lowest BCUT2D eigenvalue weighted by atomic mass is 10.1. The maximum atomic E-state index is 12.8. The molecule has 0 bridgehead atoms. The van der Waals surface area contributed by atoms with E-state index in [1.54, 1.807) is 7.11 Å². The van der Waals surface area contributed by atoms with Gasteiger partial charge in [0.2, 0.25) is 11.8 Å². The molecule has 1 aliphatic carbocycles. The van der Waals surface area contributed by atoms with Crippen LogP contribution in [0.4, 0.5) is 0 Å². The molecule has 1 aromatic heterocycles. The molecule has 1 aliphatic heterocycles. The van der Waals surface area contributed by atoms with E-state index >= 15 is 0 Å². The van der Waals surface area contributed by atoms with E-state index in [0.717, 1.165) is 36.9 Å². The van der Waals surface area contributed by atoms with Crippen LogP contribution in [0.15, 0.2) is 6.07 Å². The molecule has 26 heavy (non-hydrogen) atoms. The van der Waals surface area contributed by atoms with Crippen molar-refractivity contribution >= 4 is 11.8 Å². The summed E-state index contributed by atoms with van der Waals surface area (Å²) in [4.78, 5) is 31.5. The Morgan fingerprint density at radius 2 is 2.15 bits per heavy atom. The van der Waals surface area contributed by atoms with Crippen LogP contribution >= 0.6 is 0 Å². The van der Waals surface area contributed by atoms with Gasteiger partial charge in [-0.3, -0.25) is 9.59 Å². The molecule has 0 spiro atoms. The molecule has 1 saturated carbocycles. The number of hydrogen-bond acceptors (Lipinski definition) is 4. The lowest BCUT2D eigenvalue weighted by molar-refractivity contribution is -0.124. The van der Waals surface area contributed by atoms with Gasteiger partial charge >= 0.3 is 0 Å². The number of methoxy groups -OCH3 is 1. The Morgan fingerprint density at radius 1 is 1.42 bits per heavy atom. The van der Waals surface area contributed by atoms with E-state index in [9.17, 15) is 9.59 Å². The molecular weight excluding hydrogens is 330 g/mol. The molecule has 0 aromatic carbocycles. The van der Waals surface area contributed by atoms with Gasteiger partial charge in [-0.15, -0.1) is 0 Å². The number of fused-ring (bicyclic) bond motifs is 1. The topological polar surface area (TPSA) is 71.5 Å². The van der Waals surface area contributed by atoms with Gasteiger partial charge in [-0.2, -0.15) is 0 Å². The number of rotatable bonds is 7. The number of aromatic nitrogens is 1. The van der Waals surface area contributed by atoms with Gasteiger partial charge in [0, 0.05) is 24.1 Å². The average Bonchev–Trinajstić information content (AvgIpc) is 3.27. The van der Waals surface area contributed by atoms with Gasteiger partial charge in [0.15, 0.2) is 0 Å². The molecule has 2 amide bonds. The fourth-order valence-electron chi connectivity index (χ4n) is 4.00. The zero-order chi connectivity index (χ0) is 18.7. The molecule has 2 aliphatic rings. The van der Waals surface area contributed by atoms with Crippen LogP contribution in [0.1, 0.15) is 74.0 Å². The smallest absolute Gasteiger partial charge is 0.256 e. The van der Waals surface area contributed by atoms with Gasteiger partial charge in [0.05, 0.1) is 24.9 Å². The summed E-state index contributed by atoms with van der Waals surface area (Å²) >= 11 is 0. The number of ether oxygens (including phenoxy) is 1. The van der Waals surface area contributed by atoms with E-state index in [2.05, 4.69) is 17.2 Å². The summed E-state index contributed by atoms with van der Waals surface area (Å²) in [6, 6.07) is 2.18. The molecule has 1 aromatic rings. The number of pyridine rings is 1. The quantitative estimate of drug-likeness (QED) is 0.812. The molecule has 0 unspecified atom stereocenters. The van der Waals surface area contributed by atoms with Crippen molar-refractivity contribution in [1.29, 1.82) is 0 Å². The van der Waals surface area contributed by atoms with E-state index in [1.165, 1.54) is 12.8 Å². The molecule has 6 heteroatoms. The van der Waals surface area contributed by atoms with Gasteiger partial charge in [0.25, 0.3) is 5.91 Å². The molecule has 2 heterocycles. The lowest BCUT2D eigenvalue weighted by Gasteiger charge is -2.22. The summed E-state index contributed by atoms with van der Waals surface area (Å²) in [5.41, 5.74) is 2.20. The summed E-state index contributed by atoms with van der Waals surface area (Å²) in [6.45, 7) is 4.89. The summed E-state index contributed by atoms with van der Waals surface area (Å²) in [6.07, 6.45) is 6.37. The molecule has 1 N–H and O–H groups in total. The Morgan fingerprint density at radius 3 is 2.81 bits per heavy atom. The van der Waals surface area contributed by atoms with Gasteiger partial charge in [-0.25, -0.2) is 4.98 Å². The Balaban J connectivity index is 1.75. The van der Waals surface area contributed by atoms with Gasteiger partial charge in [-0.05, 0) is 25.3 Å². The molecule has 3 rings (SSSR count). The Bertz CT molecular complexity index is 683. The second kappa shape index (κ2) is 8.06. The van der Waals surface area contributed by atoms with Crippen molar-refractivity contribution in [3.8, 4) is 5.88 Å². The highest BCUT2D eigenvalue weighted by Gasteiger charge is 2.35. The minimum Gasteiger partial charge on any atom is -0.481 e. The number of nitrogens with one attached hydrogen (secondary N) is 1. The summed E-state index contributed by atoms with van der Waals surface area (Å²) in [5, 5.41) is 2.95. The Hall–Kier alpha value is -2.11. The monoisotopic (exact) mass is 359 g/mol. The van der Waals surface area contributed by atoms with Crippen LogP contribution in [0, 0.1) is 5.92 Å². The van der Waals surface area contributed by atoms with Gasteiger partial charge < -0.3 is 15.0 Å². The zero-order valence-electron chi connectivity index (χ0n) is 16.0. The molecule has 1 atom stereocenters. The van der Waals surface area contributed by atoms with Crippen LogP contribution in [-0.2, 0) is 17.9 Å². The predicted octanol–water partition coefficient (Wildman–Crippen LogP) is 3.04. The fraction of sp³-hybridized carbons (Fsp3) is 0.650. The summed E-state index contributed by atoms with van der Waals surface area (Å²) in [5.74, 6) is 0.559. The van der Waals surface area contributed by atoms with E-state index in [4.69, 9.17) is 4.74 Å². The van der Waals surface area contributed by atoms with Crippen LogP contribution in [0.2, 0.25) is 0 Å². The predicted molar refractivity (Wildman–Crippen MR) is 98.8 cm³/mol. The van der Waals surface area contributed by atoms with Crippen molar-refractivity contribution < 1.29 is 14.3 Å². The van der Waals surface area contributed by atoms with Crippen LogP contribution in [0.5, 0.6) is 5.88 Å².